The van der Waals surface area contributed by atoms with Crippen LogP contribution in [0.2, 0.25) is 10.0 Å². The summed E-state index contributed by atoms with van der Waals surface area (Å²) in [4.78, 5) is 21.0. The molecular weight excluding hydrogens is 496 g/mol. The molecule has 0 saturated carbocycles. The van der Waals surface area contributed by atoms with Crippen LogP contribution < -0.4 is 5.32 Å². The van der Waals surface area contributed by atoms with Gasteiger partial charge in [0.15, 0.2) is 0 Å². The molecule has 4 atom stereocenters. The Morgan fingerprint density at radius 3 is 2.06 bits per heavy atom. The summed E-state index contributed by atoms with van der Waals surface area (Å²) in [5, 5.41) is 31.7. The van der Waals surface area contributed by atoms with Crippen LogP contribution in [-0.2, 0) is 15.0 Å². The summed E-state index contributed by atoms with van der Waals surface area (Å²) >= 11 is 12.2. The van der Waals surface area contributed by atoms with E-state index in [1.165, 1.54) is 0 Å². The molecule has 1 unspecified atom stereocenters. The smallest absolute Gasteiger partial charge is 0.480 e. The number of carboxylic acid groups (broad SMARTS) is 2. The summed E-state index contributed by atoms with van der Waals surface area (Å²) < 4.78 is 31.7. The molecule has 1 aliphatic heterocycles. The van der Waals surface area contributed by atoms with Gasteiger partial charge < -0.3 is 10.2 Å². The fourth-order valence-corrected chi connectivity index (χ4v) is 4.58. The minimum absolute atomic E-state index is 0.0337. The van der Waals surface area contributed by atoms with Crippen molar-refractivity contribution < 1.29 is 33.0 Å². The monoisotopic (exact) mass is 516 g/mol. The Hall–Kier alpha value is -2.80. The lowest BCUT2D eigenvalue weighted by molar-refractivity contribution is -0.192. The average molecular weight is 517 g/mol. The maximum atomic E-state index is 12.1. The quantitative estimate of drug-likeness (QED) is 0.511. The number of hydrogen-bond acceptors (Lipinski definition) is 4. The summed E-state index contributed by atoms with van der Waals surface area (Å²) in [6, 6.07) is 15.4. The molecule has 1 fully saturated rings. The Bertz CT molecular complexity index is 1090. The second kappa shape index (κ2) is 10.6. The molecule has 3 N–H and O–H groups in total. The number of nitrogens with one attached hydrogen (secondary N) is 1. The summed E-state index contributed by atoms with van der Waals surface area (Å²) in [6.07, 6.45) is -5.08. The van der Waals surface area contributed by atoms with Gasteiger partial charge in [-0.05, 0) is 41.3 Å². The van der Waals surface area contributed by atoms with Gasteiger partial charge in [0.1, 0.15) is 11.5 Å². The predicted octanol–water partition coefficient (Wildman–Crippen LogP) is 5.25. The minimum atomic E-state index is -5.08. The lowest BCUT2D eigenvalue weighted by Gasteiger charge is -2.36. The van der Waals surface area contributed by atoms with E-state index in [1.807, 2.05) is 32.0 Å². The van der Waals surface area contributed by atoms with Crippen LogP contribution in [0.15, 0.2) is 48.5 Å². The lowest BCUT2D eigenvalue weighted by atomic mass is 9.63. The Labute approximate surface area is 203 Å². The number of benzene rings is 2. The van der Waals surface area contributed by atoms with Gasteiger partial charge in [0, 0.05) is 22.0 Å². The van der Waals surface area contributed by atoms with Crippen LogP contribution in [0.1, 0.15) is 30.9 Å². The standard InChI is InChI=1S/C21H20Cl2N2O2.C2HF3O2/c1-12(2)19-21(11-24,14-6-8-15(22)9-7-14)17(18(25-19)20(26)27)13-4-3-5-16(23)10-13;3-2(4,5)1(6)7/h3-10,12,17-19,25H,1-2H3,(H,26,27);(H,6,7)/t17?,18-,19+,21-;/m1./s1. The zero-order valence-electron chi connectivity index (χ0n) is 18.0. The number of nitrogens with zero attached hydrogens (tertiary/aromatic N) is 1. The van der Waals surface area contributed by atoms with Gasteiger partial charge in [-0.3, -0.25) is 10.1 Å². The second-order valence-corrected chi connectivity index (χ2v) is 8.90. The number of aliphatic carboxylic acids is 2. The highest BCUT2D eigenvalue weighted by atomic mass is 35.5. The van der Waals surface area contributed by atoms with Crippen LogP contribution in [0, 0.1) is 17.2 Å². The van der Waals surface area contributed by atoms with Crippen molar-refractivity contribution in [3.63, 3.8) is 0 Å². The van der Waals surface area contributed by atoms with Gasteiger partial charge in [-0.25, -0.2) is 4.79 Å². The molecular formula is C23H21Cl2F3N2O4. The number of nitriles is 1. The van der Waals surface area contributed by atoms with Crippen molar-refractivity contribution in [2.45, 2.75) is 43.4 Å². The fraction of sp³-hybridized carbons (Fsp3) is 0.348. The highest BCUT2D eigenvalue weighted by Gasteiger charge is 2.60. The van der Waals surface area contributed by atoms with Crippen molar-refractivity contribution >= 4 is 35.1 Å². The van der Waals surface area contributed by atoms with Crippen LogP contribution in [0.4, 0.5) is 13.2 Å². The van der Waals surface area contributed by atoms with E-state index in [2.05, 4.69) is 11.4 Å². The van der Waals surface area contributed by atoms with E-state index < -0.39 is 35.5 Å². The van der Waals surface area contributed by atoms with Gasteiger partial charge >= 0.3 is 18.1 Å². The summed E-state index contributed by atoms with van der Waals surface area (Å²) in [5.41, 5.74) is 0.392. The zero-order chi connectivity index (χ0) is 25.8. The van der Waals surface area contributed by atoms with Crippen LogP contribution in [-0.4, -0.2) is 40.4 Å². The van der Waals surface area contributed by atoms with E-state index in [4.69, 9.17) is 33.1 Å². The molecule has 0 bridgehead atoms. The van der Waals surface area contributed by atoms with E-state index in [-0.39, 0.29) is 12.0 Å². The maximum absolute atomic E-state index is 12.1. The third-order valence-electron chi connectivity index (χ3n) is 5.56. The highest BCUT2D eigenvalue weighted by Crippen LogP contribution is 2.50. The van der Waals surface area contributed by atoms with Gasteiger partial charge in [-0.2, -0.15) is 18.4 Å². The third kappa shape index (κ3) is 5.63. The molecule has 1 saturated heterocycles. The molecule has 0 aliphatic carbocycles. The van der Waals surface area contributed by atoms with Gasteiger partial charge in [-0.15, -0.1) is 0 Å². The zero-order valence-corrected chi connectivity index (χ0v) is 19.5. The normalized spacial score (nSPS) is 24.1. The highest BCUT2D eigenvalue weighted by molar-refractivity contribution is 6.30. The molecule has 1 heterocycles. The number of rotatable bonds is 4. The van der Waals surface area contributed by atoms with Crippen LogP contribution >= 0.6 is 23.2 Å². The Kier molecular flexibility index (Phi) is 8.59. The van der Waals surface area contributed by atoms with E-state index in [9.17, 15) is 28.3 Å². The van der Waals surface area contributed by atoms with Crippen LogP contribution in [0.3, 0.4) is 0 Å². The summed E-state index contributed by atoms with van der Waals surface area (Å²) in [7, 11) is 0. The van der Waals surface area contributed by atoms with Crippen molar-refractivity contribution in [3.05, 3.63) is 69.7 Å². The first kappa shape index (κ1) is 27.4. The molecule has 34 heavy (non-hydrogen) atoms. The average Bonchev–Trinajstić information content (AvgIpc) is 3.11. The van der Waals surface area contributed by atoms with Crippen molar-refractivity contribution in [1.29, 1.82) is 5.26 Å². The van der Waals surface area contributed by atoms with Crippen molar-refractivity contribution in [2.75, 3.05) is 0 Å². The number of carboxylic acids is 2. The van der Waals surface area contributed by atoms with Crippen LogP contribution in [0.5, 0.6) is 0 Å². The number of halogens is 5. The molecule has 2 aromatic rings. The van der Waals surface area contributed by atoms with E-state index >= 15 is 0 Å². The van der Waals surface area contributed by atoms with Crippen molar-refractivity contribution in [2.24, 2.45) is 5.92 Å². The van der Waals surface area contributed by atoms with Gasteiger partial charge in [-0.1, -0.05) is 61.3 Å². The largest absolute Gasteiger partial charge is 0.490 e. The SMILES string of the molecule is CC(C)[C@@H]1N[C@@H](C(=O)O)C(c2cccc(Cl)c2)[C@@]1(C#N)c1ccc(Cl)cc1.O=C(O)C(F)(F)F. The molecule has 6 nitrogen and oxygen atoms in total. The van der Waals surface area contributed by atoms with Crippen molar-refractivity contribution in [3.8, 4) is 6.07 Å². The molecule has 0 amide bonds. The van der Waals surface area contributed by atoms with Gasteiger partial charge in [0.2, 0.25) is 0 Å². The van der Waals surface area contributed by atoms with Crippen LogP contribution in [0.25, 0.3) is 0 Å². The molecule has 0 radical (unpaired) electrons. The lowest BCUT2D eigenvalue weighted by Crippen LogP contribution is -2.45. The van der Waals surface area contributed by atoms with Gasteiger partial charge in [0.25, 0.3) is 0 Å². The topological polar surface area (TPSA) is 110 Å². The summed E-state index contributed by atoms with van der Waals surface area (Å²) in [5.74, 6) is -4.32. The number of carbonyl (C=O) groups is 2. The summed E-state index contributed by atoms with van der Waals surface area (Å²) in [6.45, 7) is 3.97. The van der Waals surface area contributed by atoms with E-state index in [0.717, 1.165) is 11.1 Å². The molecule has 0 spiro atoms. The Balaban J connectivity index is 0.000000509. The fourth-order valence-electron chi connectivity index (χ4n) is 4.25. The predicted molar refractivity (Wildman–Crippen MR) is 120 cm³/mol. The Morgan fingerprint density at radius 1 is 1.09 bits per heavy atom. The van der Waals surface area contributed by atoms with Gasteiger partial charge in [0.05, 0.1) is 6.07 Å². The number of alkyl halides is 3. The minimum Gasteiger partial charge on any atom is -0.480 e. The molecule has 1 aliphatic rings. The Morgan fingerprint density at radius 2 is 1.65 bits per heavy atom. The molecule has 0 aromatic heterocycles. The van der Waals surface area contributed by atoms with E-state index in [1.54, 1.807) is 30.3 Å². The van der Waals surface area contributed by atoms with E-state index in [0.29, 0.717) is 10.0 Å². The maximum Gasteiger partial charge on any atom is 0.490 e. The first-order chi connectivity index (χ1) is 15.7. The number of hydrogen-bond donors (Lipinski definition) is 3. The molecule has 3 rings (SSSR count). The molecule has 11 heteroatoms. The first-order valence-corrected chi connectivity index (χ1v) is 10.7. The first-order valence-electron chi connectivity index (χ1n) is 9.97. The second-order valence-electron chi connectivity index (χ2n) is 8.03. The molecule has 2 aromatic carbocycles. The molecule has 182 valence electrons. The third-order valence-corrected chi connectivity index (χ3v) is 6.05. The van der Waals surface area contributed by atoms with Crippen molar-refractivity contribution in [1.82, 2.24) is 5.32 Å².